The third-order valence-corrected chi connectivity index (χ3v) is 6.73. The first-order valence-corrected chi connectivity index (χ1v) is 12.7. The highest BCUT2D eigenvalue weighted by molar-refractivity contribution is 7.99. The van der Waals surface area contributed by atoms with Crippen molar-refractivity contribution in [1.82, 2.24) is 4.57 Å². The lowest BCUT2D eigenvalue weighted by atomic mass is 9.97. The van der Waals surface area contributed by atoms with E-state index in [0.29, 0.717) is 17.2 Å². The number of aromatic nitrogens is 1. The SMILES string of the molecule is COc1ccc(Cn2ccc(S[C@H]3O[C@H](COC(C)=O)[C@H](OC(C)=O)[C@H](N=[N+]=[N-])[C@H]3OC(C)=O)cc2=O)cc1. The lowest BCUT2D eigenvalue weighted by Gasteiger charge is -2.43. The third-order valence-electron chi connectivity index (χ3n) is 5.59. The van der Waals surface area contributed by atoms with Gasteiger partial charge in [-0.25, -0.2) is 0 Å². The normalized spacial score (nSPS) is 22.2. The average molecular weight is 561 g/mol. The maximum absolute atomic E-state index is 12.9. The molecule has 3 rings (SSSR count). The van der Waals surface area contributed by atoms with E-state index in [2.05, 4.69) is 10.0 Å². The number of hydrogen-bond donors (Lipinski definition) is 0. The molecule has 1 aromatic heterocycles. The van der Waals surface area contributed by atoms with Gasteiger partial charge in [-0.05, 0) is 29.3 Å². The molecule has 1 aliphatic rings. The smallest absolute Gasteiger partial charge is 0.303 e. The molecule has 0 aliphatic carbocycles. The molecule has 1 fully saturated rings. The molecule has 1 aliphatic heterocycles. The average Bonchev–Trinajstić information content (AvgIpc) is 2.88. The minimum atomic E-state index is -1.21. The molecular weight excluding hydrogens is 532 g/mol. The van der Waals surface area contributed by atoms with E-state index in [1.165, 1.54) is 24.5 Å². The molecule has 0 amide bonds. The first-order valence-electron chi connectivity index (χ1n) is 11.8. The van der Waals surface area contributed by atoms with Crippen molar-refractivity contribution >= 4 is 29.7 Å². The van der Waals surface area contributed by atoms with E-state index in [4.69, 9.17) is 23.7 Å². The predicted molar refractivity (Wildman–Crippen MR) is 138 cm³/mol. The van der Waals surface area contributed by atoms with E-state index in [-0.39, 0.29) is 12.2 Å². The highest BCUT2D eigenvalue weighted by atomic mass is 32.2. The number of nitrogens with zero attached hydrogens (tertiary/aromatic N) is 4. The van der Waals surface area contributed by atoms with Crippen molar-refractivity contribution in [2.45, 2.75) is 62.0 Å². The van der Waals surface area contributed by atoms with E-state index in [0.717, 1.165) is 24.2 Å². The number of thioether (sulfide) groups is 1. The van der Waals surface area contributed by atoms with Gasteiger partial charge in [-0.15, -0.1) is 0 Å². The van der Waals surface area contributed by atoms with Crippen LogP contribution in [0.5, 0.6) is 5.75 Å². The molecule has 0 radical (unpaired) electrons. The van der Waals surface area contributed by atoms with Crippen molar-refractivity contribution in [1.29, 1.82) is 0 Å². The number of rotatable bonds is 10. The van der Waals surface area contributed by atoms with Crippen molar-refractivity contribution in [3.63, 3.8) is 0 Å². The molecule has 0 N–H and O–H groups in total. The predicted octanol–water partition coefficient (Wildman–Crippen LogP) is 2.83. The van der Waals surface area contributed by atoms with Crippen molar-refractivity contribution in [3.8, 4) is 5.75 Å². The van der Waals surface area contributed by atoms with Gasteiger partial charge in [0.1, 0.15) is 42.1 Å². The third kappa shape index (κ3) is 8.24. The summed E-state index contributed by atoms with van der Waals surface area (Å²) in [4.78, 5) is 51.4. The molecule has 208 valence electrons. The fourth-order valence-electron chi connectivity index (χ4n) is 3.92. The van der Waals surface area contributed by atoms with E-state index in [1.807, 2.05) is 12.1 Å². The Morgan fingerprint density at radius 3 is 2.28 bits per heavy atom. The summed E-state index contributed by atoms with van der Waals surface area (Å²) in [6.07, 6.45) is -1.84. The van der Waals surface area contributed by atoms with Crippen molar-refractivity contribution < 1.29 is 38.1 Å². The molecule has 0 unspecified atom stereocenters. The molecule has 1 aromatic carbocycles. The van der Waals surface area contributed by atoms with Crippen molar-refractivity contribution in [2.75, 3.05) is 13.7 Å². The van der Waals surface area contributed by atoms with Gasteiger partial charge in [0.15, 0.2) is 0 Å². The Morgan fingerprint density at radius 2 is 1.72 bits per heavy atom. The Kier molecular flexibility index (Phi) is 10.4. The van der Waals surface area contributed by atoms with Gasteiger partial charge in [0, 0.05) is 42.8 Å². The first kappa shape index (κ1) is 29.6. The maximum Gasteiger partial charge on any atom is 0.303 e. The van der Waals surface area contributed by atoms with Crippen LogP contribution in [0.4, 0.5) is 0 Å². The van der Waals surface area contributed by atoms with Crippen LogP contribution in [0, 0.1) is 0 Å². The van der Waals surface area contributed by atoms with Crippen molar-refractivity contribution in [3.05, 3.63) is 69.0 Å². The second kappa shape index (κ2) is 13.7. The Hall–Kier alpha value is -4.00. The Labute approximate surface area is 227 Å². The van der Waals surface area contributed by atoms with E-state index in [9.17, 15) is 24.7 Å². The van der Waals surface area contributed by atoms with Gasteiger partial charge >= 0.3 is 17.9 Å². The Morgan fingerprint density at radius 1 is 1.05 bits per heavy atom. The summed E-state index contributed by atoms with van der Waals surface area (Å²) in [5.41, 5.74) is 8.81. The first-order chi connectivity index (χ1) is 18.6. The van der Waals surface area contributed by atoms with E-state index in [1.54, 1.807) is 31.5 Å². The number of benzene rings is 1. The highest BCUT2D eigenvalue weighted by Gasteiger charge is 2.50. The fourth-order valence-corrected chi connectivity index (χ4v) is 5.05. The van der Waals surface area contributed by atoms with Gasteiger partial charge in [-0.2, -0.15) is 0 Å². The molecule has 0 bridgehead atoms. The minimum Gasteiger partial charge on any atom is -0.497 e. The summed E-state index contributed by atoms with van der Waals surface area (Å²) < 4.78 is 28.6. The summed E-state index contributed by atoms with van der Waals surface area (Å²) >= 11 is 1.04. The van der Waals surface area contributed by atoms with Gasteiger partial charge in [0.25, 0.3) is 5.56 Å². The minimum absolute atomic E-state index is 0.295. The summed E-state index contributed by atoms with van der Waals surface area (Å²) in [5, 5.41) is 3.73. The Balaban J connectivity index is 1.89. The van der Waals surface area contributed by atoms with Crippen LogP contribution >= 0.6 is 11.8 Å². The van der Waals surface area contributed by atoms with Gasteiger partial charge in [0.05, 0.1) is 13.7 Å². The van der Waals surface area contributed by atoms with Crippen LogP contribution in [0.15, 0.2) is 57.4 Å². The van der Waals surface area contributed by atoms with Gasteiger partial charge < -0.3 is 28.3 Å². The number of methoxy groups -OCH3 is 1. The molecule has 39 heavy (non-hydrogen) atoms. The van der Waals surface area contributed by atoms with Gasteiger partial charge in [-0.3, -0.25) is 19.2 Å². The van der Waals surface area contributed by atoms with Crippen LogP contribution in [-0.4, -0.2) is 66.0 Å². The van der Waals surface area contributed by atoms with E-state index < -0.39 is 47.7 Å². The molecular formula is C25H28N4O9S. The van der Waals surface area contributed by atoms with Crippen molar-refractivity contribution in [2.24, 2.45) is 5.11 Å². The van der Waals surface area contributed by atoms with Gasteiger partial charge in [0.2, 0.25) is 0 Å². The summed E-state index contributed by atoms with van der Waals surface area (Å²) in [6, 6.07) is 9.18. The second-order valence-electron chi connectivity index (χ2n) is 8.48. The molecule has 0 spiro atoms. The molecule has 13 nitrogen and oxygen atoms in total. The van der Waals surface area contributed by atoms with Crippen LogP contribution in [-0.2, 0) is 39.9 Å². The zero-order valence-electron chi connectivity index (χ0n) is 21.7. The second-order valence-corrected chi connectivity index (χ2v) is 9.66. The zero-order chi connectivity index (χ0) is 28.5. The summed E-state index contributed by atoms with van der Waals surface area (Å²) in [7, 11) is 1.57. The topological polar surface area (TPSA) is 168 Å². The number of pyridine rings is 1. The van der Waals surface area contributed by atoms with Crippen LogP contribution < -0.4 is 10.3 Å². The zero-order valence-corrected chi connectivity index (χ0v) is 22.5. The highest BCUT2D eigenvalue weighted by Crippen LogP contribution is 2.37. The van der Waals surface area contributed by atoms with Crippen LogP contribution in [0.2, 0.25) is 0 Å². The standard InChI is InChI=1S/C25H28N4O9S/c1-14(30)35-13-20-23(36-15(2)31)22(27-28-26)24(37-16(3)32)25(38-20)39-19-9-10-29(21(33)11-19)12-17-5-7-18(34-4)8-6-17/h5-11,20,22-25H,12-13H2,1-4H3/t20-,22+,23+,24-,25-/m1/s1. The maximum atomic E-state index is 12.9. The summed E-state index contributed by atoms with van der Waals surface area (Å²) in [5.74, 6) is -1.30. The van der Waals surface area contributed by atoms with Crippen LogP contribution in [0.3, 0.4) is 0 Å². The lowest BCUT2D eigenvalue weighted by molar-refractivity contribution is -0.201. The number of azide groups is 1. The quantitative estimate of drug-likeness (QED) is 0.138. The number of ether oxygens (including phenoxy) is 5. The molecule has 2 heterocycles. The Bertz CT molecular complexity index is 1290. The monoisotopic (exact) mass is 560 g/mol. The lowest BCUT2D eigenvalue weighted by Crippen LogP contribution is -2.59. The molecule has 5 atom stereocenters. The number of carbonyl (C=O) groups is 3. The molecule has 0 saturated carbocycles. The number of hydrogen-bond acceptors (Lipinski definition) is 11. The molecule has 2 aromatic rings. The van der Waals surface area contributed by atoms with E-state index >= 15 is 0 Å². The van der Waals surface area contributed by atoms with Crippen LogP contribution in [0.1, 0.15) is 26.3 Å². The molecule has 1 saturated heterocycles. The van der Waals surface area contributed by atoms with Gasteiger partial charge in [-0.1, -0.05) is 29.0 Å². The number of carbonyl (C=O) groups excluding carboxylic acids is 3. The fraction of sp³-hybridized carbons (Fsp3) is 0.440. The number of esters is 3. The summed E-state index contributed by atoms with van der Waals surface area (Å²) in [6.45, 7) is 3.53. The molecule has 14 heteroatoms. The van der Waals surface area contributed by atoms with Crippen LogP contribution in [0.25, 0.3) is 10.4 Å². The largest absolute Gasteiger partial charge is 0.497 e.